The summed E-state index contributed by atoms with van der Waals surface area (Å²) in [6, 6.07) is 3.94. The van der Waals surface area contributed by atoms with Crippen molar-refractivity contribution in [2.75, 3.05) is 13.7 Å². The molecule has 0 aromatic carbocycles. The molecule has 0 aliphatic carbocycles. The van der Waals surface area contributed by atoms with E-state index in [1.165, 1.54) is 4.88 Å². The van der Waals surface area contributed by atoms with Gasteiger partial charge in [0, 0.05) is 29.2 Å². The lowest BCUT2D eigenvalue weighted by Gasteiger charge is -2.00. The van der Waals surface area contributed by atoms with Crippen LogP contribution in [0.25, 0.3) is 10.7 Å². The molecule has 0 amide bonds. The van der Waals surface area contributed by atoms with Crippen LogP contribution >= 0.6 is 27.3 Å². The van der Waals surface area contributed by atoms with Gasteiger partial charge >= 0.3 is 0 Å². The van der Waals surface area contributed by atoms with Crippen molar-refractivity contribution in [3.05, 3.63) is 33.4 Å². The fourth-order valence-corrected chi connectivity index (χ4v) is 2.87. The van der Waals surface area contributed by atoms with Gasteiger partial charge in [0.25, 0.3) is 0 Å². The van der Waals surface area contributed by atoms with Crippen LogP contribution < -0.4 is 5.32 Å². The average Bonchev–Trinajstić information content (AvgIpc) is 2.81. The zero-order valence-electron chi connectivity index (χ0n) is 10.9. The minimum absolute atomic E-state index is 0.535. The highest BCUT2D eigenvalue weighted by Crippen LogP contribution is 2.28. The second kappa shape index (κ2) is 7.09. The molecule has 0 unspecified atom stereocenters. The van der Waals surface area contributed by atoms with Gasteiger partial charge in [-0.15, -0.1) is 11.3 Å². The zero-order chi connectivity index (χ0) is 13.7. The number of thiazole rings is 1. The Morgan fingerprint density at radius 2 is 2.26 bits per heavy atom. The lowest BCUT2D eigenvalue weighted by Crippen LogP contribution is -2.12. The lowest BCUT2D eigenvalue weighted by atomic mass is 10.3. The minimum Gasteiger partial charge on any atom is -0.378 e. The summed E-state index contributed by atoms with van der Waals surface area (Å²) < 4.78 is 6.18. The van der Waals surface area contributed by atoms with Gasteiger partial charge < -0.3 is 10.1 Å². The van der Waals surface area contributed by atoms with Crippen molar-refractivity contribution < 1.29 is 4.74 Å². The van der Waals surface area contributed by atoms with Crippen LogP contribution in [-0.4, -0.2) is 23.6 Å². The summed E-state index contributed by atoms with van der Waals surface area (Å²) in [5.41, 5.74) is 1.89. The van der Waals surface area contributed by atoms with Crippen molar-refractivity contribution in [1.29, 1.82) is 0 Å². The summed E-state index contributed by atoms with van der Waals surface area (Å²) >= 11 is 5.05. The molecule has 0 aliphatic rings. The maximum atomic E-state index is 5.21. The van der Waals surface area contributed by atoms with Gasteiger partial charge in [0.05, 0.1) is 18.0 Å². The molecule has 0 saturated heterocycles. The highest BCUT2D eigenvalue weighted by molar-refractivity contribution is 9.10. The third-order valence-electron chi connectivity index (χ3n) is 2.54. The fraction of sp³-hybridized carbons (Fsp3) is 0.385. The Morgan fingerprint density at radius 3 is 2.89 bits per heavy atom. The first-order chi connectivity index (χ1) is 9.24. The summed E-state index contributed by atoms with van der Waals surface area (Å²) in [7, 11) is 1.69. The zero-order valence-corrected chi connectivity index (χ0v) is 13.3. The van der Waals surface area contributed by atoms with Gasteiger partial charge in [-0.2, -0.15) is 0 Å². The summed E-state index contributed by atoms with van der Waals surface area (Å²) in [6.45, 7) is 4.39. The van der Waals surface area contributed by atoms with E-state index in [9.17, 15) is 0 Å². The molecule has 6 heteroatoms. The summed E-state index contributed by atoms with van der Waals surface area (Å²) in [5.74, 6) is 0. The first-order valence-corrected chi connectivity index (χ1v) is 7.65. The van der Waals surface area contributed by atoms with E-state index in [-0.39, 0.29) is 0 Å². The van der Waals surface area contributed by atoms with E-state index in [1.807, 2.05) is 12.1 Å². The topological polar surface area (TPSA) is 47.0 Å². The Morgan fingerprint density at radius 1 is 1.42 bits per heavy atom. The Balaban J connectivity index is 2.27. The molecule has 2 heterocycles. The van der Waals surface area contributed by atoms with Gasteiger partial charge in [-0.25, -0.2) is 4.98 Å². The van der Waals surface area contributed by atoms with E-state index in [2.05, 4.69) is 38.1 Å². The maximum Gasteiger partial charge on any atom is 0.142 e. The molecule has 2 aromatic rings. The van der Waals surface area contributed by atoms with Crippen molar-refractivity contribution in [1.82, 2.24) is 15.3 Å². The Kier molecular flexibility index (Phi) is 5.45. The molecular weight excluding hydrogens is 326 g/mol. The van der Waals surface area contributed by atoms with Crippen LogP contribution in [0.3, 0.4) is 0 Å². The predicted molar refractivity (Wildman–Crippen MR) is 81.1 cm³/mol. The largest absolute Gasteiger partial charge is 0.378 e. The van der Waals surface area contributed by atoms with Crippen LogP contribution in [0, 0.1) is 0 Å². The monoisotopic (exact) mass is 341 g/mol. The van der Waals surface area contributed by atoms with Gasteiger partial charge in [0.1, 0.15) is 5.01 Å². The van der Waals surface area contributed by atoms with Crippen LogP contribution in [-0.2, 0) is 17.9 Å². The highest BCUT2D eigenvalue weighted by Gasteiger charge is 2.12. The second-order valence-corrected chi connectivity index (χ2v) is 5.96. The van der Waals surface area contributed by atoms with E-state index in [1.54, 1.807) is 24.6 Å². The Hall–Kier alpha value is -0.820. The van der Waals surface area contributed by atoms with Crippen LogP contribution in [0.1, 0.15) is 17.5 Å². The van der Waals surface area contributed by atoms with Crippen molar-refractivity contribution in [2.24, 2.45) is 0 Å². The molecular formula is C13H16BrN3OS. The molecule has 19 heavy (non-hydrogen) atoms. The number of hydrogen-bond acceptors (Lipinski definition) is 5. The minimum atomic E-state index is 0.535. The first-order valence-electron chi connectivity index (χ1n) is 6.04. The van der Waals surface area contributed by atoms with Gasteiger partial charge in [0.2, 0.25) is 0 Å². The Labute approximate surface area is 125 Å². The van der Waals surface area contributed by atoms with Gasteiger partial charge in [-0.3, -0.25) is 4.98 Å². The number of nitrogens with zero attached hydrogens (tertiary/aromatic N) is 2. The van der Waals surface area contributed by atoms with Crippen molar-refractivity contribution in [2.45, 2.75) is 20.1 Å². The SMILES string of the molecule is CCNCc1sc(-c2ccc(Br)cn2)nc1COC. The van der Waals surface area contributed by atoms with Crippen molar-refractivity contribution in [3.63, 3.8) is 0 Å². The second-order valence-electron chi connectivity index (χ2n) is 3.96. The molecule has 1 N–H and O–H groups in total. The van der Waals surface area contributed by atoms with Crippen LogP contribution in [0.4, 0.5) is 0 Å². The molecule has 4 nitrogen and oxygen atoms in total. The molecule has 0 bridgehead atoms. The molecule has 0 atom stereocenters. The quantitative estimate of drug-likeness (QED) is 0.876. The molecule has 0 radical (unpaired) electrons. The van der Waals surface area contributed by atoms with Crippen molar-refractivity contribution in [3.8, 4) is 10.7 Å². The Bertz CT molecular complexity index is 527. The number of halogens is 1. The van der Waals surface area contributed by atoms with Crippen LogP contribution in [0.15, 0.2) is 22.8 Å². The smallest absolute Gasteiger partial charge is 0.142 e. The molecule has 2 aromatic heterocycles. The molecule has 0 saturated carbocycles. The van der Waals surface area contributed by atoms with Gasteiger partial charge in [-0.1, -0.05) is 6.92 Å². The van der Waals surface area contributed by atoms with Gasteiger partial charge in [-0.05, 0) is 34.6 Å². The third-order valence-corrected chi connectivity index (χ3v) is 4.13. The normalized spacial score (nSPS) is 10.9. The third kappa shape index (κ3) is 3.82. The van der Waals surface area contributed by atoms with E-state index in [0.717, 1.165) is 34.0 Å². The van der Waals surface area contributed by atoms with E-state index >= 15 is 0 Å². The fourth-order valence-electron chi connectivity index (χ4n) is 1.62. The highest BCUT2D eigenvalue weighted by atomic mass is 79.9. The summed E-state index contributed by atoms with van der Waals surface area (Å²) in [6.07, 6.45) is 1.79. The van der Waals surface area contributed by atoms with Gasteiger partial charge in [0.15, 0.2) is 0 Å². The first kappa shape index (κ1) is 14.6. The van der Waals surface area contributed by atoms with E-state index < -0.39 is 0 Å². The van der Waals surface area contributed by atoms with Crippen LogP contribution in [0.2, 0.25) is 0 Å². The number of nitrogens with one attached hydrogen (secondary N) is 1. The molecule has 102 valence electrons. The number of pyridine rings is 1. The van der Waals surface area contributed by atoms with Crippen LogP contribution in [0.5, 0.6) is 0 Å². The van der Waals surface area contributed by atoms with Crippen molar-refractivity contribution >= 4 is 27.3 Å². The standard InChI is InChI=1S/C13H16BrN3OS/c1-3-15-7-12-11(8-18-2)17-13(19-12)10-5-4-9(14)6-16-10/h4-6,15H,3,7-8H2,1-2H3. The number of methoxy groups -OCH3 is 1. The molecule has 0 aliphatic heterocycles. The maximum absolute atomic E-state index is 5.21. The number of hydrogen-bond donors (Lipinski definition) is 1. The molecule has 0 fully saturated rings. The summed E-state index contributed by atoms with van der Waals surface area (Å²) in [4.78, 5) is 10.2. The van der Waals surface area contributed by atoms with E-state index in [0.29, 0.717) is 6.61 Å². The summed E-state index contributed by atoms with van der Waals surface area (Å²) in [5, 5.41) is 4.26. The number of aromatic nitrogens is 2. The molecule has 0 spiro atoms. The number of ether oxygens (including phenoxy) is 1. The predicted octanol–water partition coefficient (Wildman–Crippen LogP) is 3.22. The lowest BCUT2D eigenvalue weighted by molar-refractivity contribution is 0.181. The average molecular weight is 342 g/mol. The van der Waals surface area contributed by atoms with E-state index in [4.69, 9.17) is 4.74 Å². The molecule has 2 rings (SSSR count). The number of rotatable bonds is 6.